The van der Waals surface area contributed by atoms with Crippen LogP contribution in [0.2, 0.25) is 0 Å². The van der Waals surface area contributed by atoms with E-state index in [1.807, 2.05) is 12.1 Å². The van der Waals surface area contributed by atoms with E-state index in [9.17, 15) is 25.9 Å². The Labute approximate surface area is 726 Å². The van der Waals surface area contributed by atoms with E-state index in [4.69, 9.17) is 0 Å². The Hall–Kier alpha value is -0.480. The van der Waals surface area contributed by atoms with Crippen molar-refractivity contribution in [3.05, 3.63) is 59.7 Å². The van der Waals surface area contributed by atoms with Gasteiger partial charge in [-0.1, -0.05) is 590 Å². The van der Waals surface area contributed by atoms with Crippen molar-refractivity contribution < 1.29 is 25.9 Å². The second kappa shape index (κ2) is 90.3. The van der Waals surface area contributed by atoms with E-state index in [1.165, 1.54) is 539 Å². The molecule has 0 unspecified atom stereocenters. The molecule has 0 bridgehead atoms. The first-order valence-corrected chi connectivity index (χ1v) is 53.0. The Morgan fingerprint density at radius 2 is 0.270 bits per heavy atom. The van der Waals surface area contributed by atoms with Crippen molar-refractivity contribution in [2.45, 2.75) is 589 Å². The molecule has 111 heavy (non-hydrogen) atoms. The van der Waals surface area contributed by atoms with Gasteiger partial charge in [0, 0.05) is 0 Å². The Morgan fingerprint density at radius 3 is 0.378 bits per heavy atom. The molecule has 0 fully saturated rings. The molecule has 0 N–H and O–H groups in total. The molecule has 0 aliphatic rings. The maximum Gasteiger partial charge on any atom is 2.00 e. The van der Waals surface area contributed by atoms with Crippen LogP contribution in [-0.4, -0.2) is 63.7 Å². The number of aryl methyl sites for hydroxylation is 2. The summed E-state index contributed by atoms with van der Waals surface area (Å²) in [6, 6.07) is 13.3. The smallest absolute Gasteiger partial charge is 0.744 e. The second-order valence-electron chi connectivity index (χ2n) is 35.3. The van der Waals surface area contributed by atoms with Crippen LogP contribution in [0.15, 0.2) is 58.3 Å². The third-order valence-corrected chi connectivity index (χ3v) is 26.5. The first kappa shape index (κ1) is 111. The van der Waals surface area contributed by atoms with E-state index in [-0.39, 0.29) is 47.5 Å². The van der Waals surface area contributed by atoms with Crippen molar-refractivity contribution >= 4 is 58.0 Å². The fraction of sp³-hybridized carbons (Fsp3) is 0.882. The summed E-state index contributed by atoms with van der Waals surface area (Å²) in [5.74, 6) is 0. The third kappa shape index (κ3) is 83.0. The van der Waals surface area contributed by atoms with Crippen molar-refractivity contribution in [2.75, 3.05) is 0 Å². The van der Waals surface area contributed by atoms with Crippen molar-refractivity contribution in [2.24, 2.45) is 0 Å². The molecular weight excluding hydrogens is 1430 g/mol. The molecule has 0 amide bonds. The van der Waals surface area contributed by atoms with E-state index >= 15 is 0 Å². The molecule has 0 atom stereocenters. The van der Waals surface area contributed by atoms with Gasteiger partial charge in [0.2, 0.25) is 0 Å². The van der Waals surface area contributed by atoms with Gasteiger partial charge in [0.25, 0.3) is 0 Å². The molecule has 0 saturated heterocycles. The molecular formula is C102H190CaO6S2. The minimum atomic E-state index is -4.37. The summed E-state index contributed by atoms with van der Waals surface area (Å²) in [6.07, 6.45) is 124. The van der Waals surface area contributed by atoms with E-state index in [2.05, 4.69) is 13.8 Å². The van der Waals surface area contributed by atoms with Crippen LogP contribution in [0.3, 0.4) is 0 Å². The summed E-state index contributed by atoms with van der Waals surface area (Å²) in [5.41, 5.74) is 1.35. The molecule has 2 aromatic rings. The largest absolute Gasteiger partial charge is 2.00 e. The Kier molecular flexibility index (Phi) is 89.9. The Bertz CT molecular complexity index is 2180. The zero-order valence-corrected chi connectivity index (χ0v) is 78.7. The minimum Gasteiger partial charge on any atom is -0.744 e. The summed E-state index contributed by atoms with van der Waals surface area (Å²) in [7, 11) is -8.74. The van der Waals surface area contributed by atoms with Crippen LogP contribution in [0.25, 0.3) is 0 Å². The van der Waals surface area contributed by atoms with Crippen LogP contribution in [-0.2, 0) is 33.1 Å². The predicted octanol–water partition coefficient (Wildman–Crippen LogP) is 35.5. The molecule has 0 spiro atoms. The number of benzene rings is 2. The van der Waals surface area contributed by atoms with Crippen LogP contribution in [0.4, 0.5) is 0 Å². The minimum absolute atomic E-state index is 0. The molecule has 9 heteroatoms. The third-order valence-electron chi connectivity index (χ3n) is 24.6. The van der Waals surface area contributed by atoms with Crippen molar-refractivity contribution in [3.8, 4) is 0 Å². The number of rotatable bonds is 90. The molecule has 0 aromatic heterocycles. The molecule has 648 valence electrons. The number of hydrogen-bond acceptors (Lipinski definition) is 6. The van der Waals surface area contributed by atoms with Crippen LogP contribution in [0.1, 0.15) is 577 Å². The van der Waals surface area contributed by atoms with Gasteiger partial charge >= 0.3 is 37.7 Å². The van der Waals surface area contributed by atoms with Gasteiger partial charge in [-0.05, 0) is 48.9 Å². The predicted molar refractivity (Wildman–Crippen MR) is 490 cm³/mol. The topological polar surface area (TPSA) is 114 Å². The fourth-order valence-corrected chi connectivity index (χ4v) is 18.7. The summed E-state index contributed by atoms with van der Waals surface area (Å²) in [6.45, 7) is 4.61. The summed E-state index contributed by atoms with van der Waals surface area (Å²) in [4.78, 5) is -0.0795. The quantitative estimate of drug-likeness (QED) is 0.0370. The molecule has 0 aliphatic heterocycles. The van der Waals surface area contributed by atoms with Crippen molar-refractivity contribution in [1.29, 1.82) is 0 Å². The molecule has 0 saturated carbocycles. The van der Waals surface area contributed by atoms with Crippen molar-refractivity contribution in [3.63, 3.8) is 0 Å². The average molecular weight is 1620 g/mol. The normalized spacial score (nSPS) is 11.8. The zero-order chi connectivity index (χ0) is 79.2. The monoisotopic (exact) mass is 1620 g/mol. The maximum atomic E-state index is 11.4. The van der Waals surface area contributed by atoms with Crippen LogP contribution >= 0.6 is 0 Å². The first-order chi connectivity index (χ1) is 54.1. The van der Waals surface area contributed by atoms with E-state index in [0.29, 0.717) is 24.0 Å². The number of hydrogen-bond donors (Lipinski definition) is 0. The van der Waals surface area contributed by atoms with Gasteiger partial charge in [0.15, 0.2) is 0 Å². The van der Waals surface area contributed by atoms with Gasteiger partial charge in [-0.3, -0.25) is 0 Å². The Morgan fingerprint density at radius 1 is 0.171 bits per heavy atom. The number of unbranched alkanes of at least 4 members (excludes halogenated alkanes) is 84. The molecule has 0 aliphatic carbocycles. The van der Waals surface area contributed by atoms with E-state index < -0.39 is 20.2 Å². The van der Waals surface area contributed by atoms with E-state index in [0.717, 1.165) is 25.7 Å². The summed E-state index contributed by atoms with van der Waals surface area (Å²) < 4.78 is 68.4. The zero-order valence-electron chi connectivity index (χ0n) is 74.8. The van der Waals surface area contributed by atoms with Gasteiger partial charge in [-0.25, -0.2) is 16.8 Å². The molecule has 2 rings (SSSR count). The second-order valence-corrected chi connectivity index (χ2v) is 38.0. The van der Waals surface area contributed by atoms with Gasteiger partial charge in [-0.2, -0.15) is 0 Å². The van der Waals surface area contributed by atoms with Crippen molar-refractivity contribution in [1.82, 2.24) is 0 Å². The van der Waals surface area contributed by atoms with Gasteiger partial charge < -0.3 is 9.11 Å². The molecule has 2 aromatic carbocycles. The Balaban J connectivity index is 0.00000216. The fourth-order valence-electron chi connectivity index (χ4n) is 17.2. The van der Waals surface area contributed by atoms with Gasteiger partial charge in [-0.15, -0.1) is 0 Å². The molecule has 0 heterocycles. The molecule has 6 nitrogen and oxygen atoms in total. The van der Waals surface area contributed by atoms with Gasteiger partial charge in [0.05, 0.1) is 9.79 Å². The standard InChI is InChI=1S/2C51H96O3S.Ca/c2*1-2-3-4-5-6-7-8-9-10-11-12-13-14-15-16-17-18-19-20-21-22-23-24-25-26-27-28-29-30-31-32-33-34-35-36-37-38-39-40-41-42-43-44-47-50-48-45-46-49-51(50)55(52,53)54;/h2*45-46,48-49H,2-44,47H2,1H3,(H,52,53,54);/q;;+2/p-2. The molecule has 0 radical (unpaired) electrons. The maximum absolute atomic E-state index is 11.4. The van der Waals surface area contributed by atoms with Crippen LogP contribution in [0, 0.1) is 0 Å². The van der Waals surface area contributed by atoms with E-state index in [1.54, 1.807) is 24.3 Å². The average Bonchev–Trinajstić information content (AvgIpc) is 0.846. The SMILES string of the molecule is CCCCCCCCCCCCCCCCCCCCCCCCCCCCCCCCCCCCCCCCCCCCCc1ccccc1S(=O)(=O)[O-].CCCCCCCCCCCCCCCCCCCCCCCCCCCCCCCCCCCCCCCCCCCCCc1ccccc1S(=O)(=O)[O-].[Ca+2]. The van der Waals surface area contributed by atoms with Crippen LogP contribution in [0.5, 0.6) is 0 Å². The van der Waals surface area contributed by atoms with Crippen LogP contribution < -0.4 is 0 Å². The summed E-state index contributed by atoms with van der Waals surface area (Å²) >= 11 is 0. The summed E-state index contributed by atoms with van der Waals surface area (Å²) in [5, 5.41) is 0. The first-order valence-electron chi connectivity index (χ1n) is 50.2. The van der Waals surface area contributed by atoms with Gasteiger partial charge in [0.1, 0.15) is 20.2 Å².